The Labute approximate surface area is 207 Å². The molecule has 0 spiro atoms. The molecule has 1 unspecified atom stereocenters. The molecule has 1 aromatic carbocycles. The van der Waals surface area contributed by atoms with E-state index in [1.807, 2.05) is 13.0 Å². The van der Waals surface area contributed by atoms with Gasteiger partial charge in [-0.3, -0.25) is 14.2 Å². The largest absolute Gasteiger partial charge is 0.356 e. The molecule has 1 aromatic heterocycles. The van der Waals surface area contributed by atoms with Crippen LogP contribution in [0.4, 0.5) is 5.82 Å². The van der Waals surface area contributed by atoms with Gasteiger partial charge in [-0.1, -0.05) is 36.2 Å². The van der Waals surface area contributed by atoms with Crippen molar-refractivity contribution >= 4 is 52.1 Å². The lowest BCUT2D eigenvalue weighted by atomic mass is 10.0. The van der Waals surface area contributed by atoms with Crippen LogP contribution in [-0.4, -0.2) is 40.0 Å². The average Bonchev–Trinajstić information content (AvgIpc) is 2.80. The van der Waals surface area contributed by atoms with Crippen molar-refractivity contribution in [2.75, 3.05) is 18.0 Å². The number of amides is 1. The summed E-state index contributed by atoms with van der Waals surface area (Å²) in [4.78, 5) is 32.0. The molecule has 0 radical (unpaired) electrons. The summed E-state index contributed by atoms with van der Waals surface area (Å²) < 4.78 is 1.55. The number of hydrogen-bond donors (Lipinski definition) is 1. The predicted molar refractivity (Wildman–Crippen MR) is 135 cm³/mol. The van der Waals surface area contributed by atoms with Crippen LogP contribution < -0.4 is 15.8 Å². The van der Waals surface area contributed by atoms with Crippen molar-refractivity contribution in [1.29, 1.82) is 0 Å². The normalized spacial score (nSPS) is 19.2. The molecule has 1 fully saturated rings. The monoisotopic (exact) mass is 506 g/mol. The second kappa shape index (κ2) is 10.3. The molecule has 33 heavy (non-hydrogen) atoms. The lowest BCUT2D eigenvalue weighted by molar-refractivity contribution is -0.121. The number of nitrogens with zero attached hydrogens (tertiary/aromatic N) is 3. The minimum atomic E-state index is -0.211. The standard InChI is InChI=1S/C24H25Cl3N4O2/c1-2-22(32)28-17-9-11-30(12-10-17)21-14-23(33)31(18-6-3-15(25)4-7-18)24(29-21)19-8-5-16(26)13-20(19)27/h3-4,6-8,13-14,16-17H,2,5,9-12H2,1H3,(H,28,32). The van der Waals surface area contributed by atoms with Gasteiger partial charge in [-0.05, 0) is 49.6 Å². The zero-order chi connectivity index (χ0) is 23.5. The van der Waals surface area contributed by atoms with Gasteiger partial charge in [-0.25, -0.2) is 4.98 Å². The Bertz CT molecular complexity index is 1150. The predicted octanol–water partition coefficient (Wildman–Crippen LogP) is 4.90. The van der Waals surface area contributed by atoms with Gasteiger partial charge in [-0.15, -0.1) is 11.6 Å². The molecule has 1 atom stereocenters. The Kier molecular flexibility index (Phi) is 7.47. The number of piperidine rings is 1. The zero-order valence-corrected chi connectivity index (χ0v) is 20.5. The fourth-order valence-electron chi connectivity index (χ4n) is 4.08. The molecule has 0 bridgehead atoms. The first kappa shape index (κ1) is 23.9. The van der Waals surface area contributed by atoms with Crippen LogP contribution in [0.5, 0.6) is 0 Å². The van der Waals surface area contributed by atoms with Crippen LogP contribution in [0.3, 0.4) is 0 Å². The fourth-order valence-corrected chi connectivity index (χ4v) is 4.80. The Morgan fingerprint density at radius 2 is 1.88 bits per heavy atom. The number of alkyl halides is 1. The molecule has 174 valence electrons. The number of nitrogens with one attached hydrogen (secondary N) is 1. The molecule has 4 rings (SSSR count). The van der Waals surface area contributed by atoms with Crippen molar-refractivity contribution in [2.24, 2.45) is 0 Å². The van der Waals surface area contributed by atoms with Crippen molar-refractivity contribution in [2.45, 2.75) is 44.0 Å². The summed E-state index contributed by atoms with van der Waals surface area (Å²) in [5, 5.41) is 3.90. The third kappa shape index (κ3) is 5.45. The quantitative estimate of drug-likeness (QED) is 0.585. The Balaban J connectivity index is 1.71. The van der Waals surface area contributed by atoms with Gasteiger partial charge in [0, 0.05) is 47.2 Å². The third-order valence-corrected chi connectivity index (χ3v) is 6.75. The van der Waals surface area contributed by atoms with Gasteiger partial charge in [0.1, 0.15) is 5.82 Å². The molecule has 6 nitrogen and oxygen atoms in total. The molecule has 1 amide bonds. The number of allylic oxidation sites excluding steroid dienone is 4. The van der Waals surface area contributed by atoms with Crippen molar-refractivity contribution in [1.82, 2.24) is 14.9 Å². The molecular weight excluding hydrogens is 483 g/mol. The lowest BCUT2D eigenvalue weighted by Gasteiger charge is -2.33. The second-order valence-corrected chi connectivity index (χ2v) is 9.56. The molecule has 9 heteroatoms. The minimum absolute atomic E-state index is 0.0580. The molecular formula is C24H25Cl3N4O2. The van der Waals surface area contributed by atoms with Crippen LogP contribution in [-0.2, 0) is 4.79 Å². The van der Waals surface area contributed by atoms with Gasteiger partial charge in [0.05, 0.1) is 11.1 Å². The maximum absolute atomic E-state index is 13.3. The maximum Gasteiger partial charge on any atom is 0.260 e. The molecule has 0 saturated carbocycles. The summed E-state index contributed by atoms with van der Waals surface area (Å²) in [7, 11) is 0. The van der Waals surface area contributed by atoms with Gasteiger partial charge in [0.15, 0.2) is 5.82 Å². The molecule has 1 aliphatic carbocycles. The van der Waals surface area contributed by atoms with Crippen LogP contribution in [0.1, 0.15) is 38.4 Å². The van der Waals surface area contributed by atoms with E-state index in [1.165, 1.54) is 0 Å². The van der Waals surface area contributed by atoms with Crippen LogP contribution >= 0.6 is 34.8 Å². The number of carbonyl (C=O) groups is 1. The molecule has 2 aromatic rings. The number of aromatic nitrogens is 2. The summed E-state index contributed by atoms with van der Waals surface area (Å²) in [6.07, 6.45) is 6.34. The minimum Gasteiger partial charge on any atom is -0.356 e. The van der Waals surface area contributed by atoms with E-state index in [9.17, 15) is 9.59 Å². The van der Waals surface area contributed by atoms with Crippen molar-refractivity contribution < 1.29 is 4.79 Å². The number of halogens is 3. The highest BCUT2D eigenvalue weighted by Crippen LogP contribution is 2.33. The van der Waals surface area contributed by atoms with Crippen LogP contribution in [0.2, 0.25) is 5.02 Å². The molecule has 1 aliphatic heterocycles. The fraction of sp³-hybridized carbons (Fsp3) is 0.375. The number of rotatable bonds is 5. The Hall–Kier alpha value is -2.28. The molecule has 1 N–H and O–H groups in total. The number of hydrogen-bond acceptors (Lipinski definition) is 4. The number of benzene rings is 1. The smallest absolute Gasteiger partial charge is 0.260 e. The molecule has 2 heterocycles. The van der Waals surface area contributed by atoms with Crippen molar-refractivity contribution in [3.8, 4) is 5.69 Å². The van der Waals surface area contributed by atoms with Gasteiger partial charge in [0.25, 0.3) is 5.56 Å². The number of carbonyl (C=O) groups excluding carboxylic acids is 1. The maximum atomic E-state index is 13.3. The van der Waals surface area contributed by atoms with E-state index in [0.29, 0.717) is 58.9 Å². The van der Waals surface area contributed by atoms with E-state index >= 15 is 0 Å². The highest BCUT2D eigenvalue weighted by Gasteiger charge is 2.25. The van der Waals surface area contributed by atoms with Crippen LogP contribution in [0.25, 0.3) is 11.3 Å². The summed E-state index contributed by atoms with van der Waals surface area (Å²) in [6, 6.07) is 8.72. The Morgan fingerprint density at radius 3 is 2.52 bits per heavy atom. The first-order valence-electron chi connectivity index (χ1n) is 11.0. The zero-order valence-electron chi connectivity index (χ0n) is 18.2. The second-order valence-electron chi connectivity index (χ2n) is 8.15. The van der Waals surface area contributed by atoms with E-state index in [4.69, 9.17) is 39.8 Å². The molecule has 1 saturated heterocycles. The van der Waals surface area contributed by atoms with E-state index in [2.05, 4.69) is 10.2 Å². The van der Waals surface area contributed by atoms with Gasteiger partial charge in [0.2, 0.25) is 5.91 Å². The highest BCUT2D eigenvalue weighted by atomic mass is 35.5. The first-order valence-corrected chi connectivity index (χ1v) is 12.2. The summed E-state index contributed by atoms with van der Waals surface area (Å²) in [5.74, 6) is 1.12. The van der Waals surface area contributed by atoms with E-state index in [-0.39, 0.29) is 22.9 Å². The SMILES string of the molecule is CCC(=O)NC1CCN(c2cc(=O)n(-c3ccc(Cl)cc3)c(C3=CCC(Cl)C=C3Cl)n2)CC1. The topological polar surface area (TPSA) is 67.2 Å². The lowest BCUT2D eigenvalue weighted by Crippen LogP contribution is -2.45. The van der Waals surface area contributed by atoms with E-state index in [0.717, 1.165) is 12.8 Å². The Morgan fingerprint density at radius 1 is 1.18 bits per heavy atom. The molecule has 2 aliphatic rings. The van der Waals surface area contributed by atoms with Gasteiger partial charge >= 0.3 is 0 Å². The van der Waals surface area contributed by atoms with Crippen LogP contribution in [0, 0.1) is 0 Å². The highest BCUT2D eigenvalue weighted by molar-refractivity contribution is 6.38. The summed E-state index contributed by atoms with van der Waals surface area (Å²) >= 11 is 18.8. The summed E-state index contributed by atoms with van der Waals surface area (Å²) in [5.41, 5.74) is 1.11. The average molecular weight is 508 g/mol. The first-order chi connectivity index (χ1) is 15.9. The number of anilines is 1. The summed E-state index contributed by atoms with van der Waals surface area (Å²) in [6.45, 7) is 3.23. The van der Waals surface area contributed by atoms with Gasteiger partial charge < -0.3 is 10.2 Å². The van der Waals surface area contributed by atoms with E-state index < -0.39 is 0 Å². The van der Waals surface area contributed by atoms with Crippen LogP contribution in [0.15, 0.2) is 52.3 Å². The van der Waals surface area contributed by atoms with Crippen molar-refractivity contribution in [3.63, 3.8) is 0 Å². The van der Waals surface area contributed by atoms with E-state index in [1.54, 1.807) is 41.0 Å². The van der Waals surface area contributed by atoms with Gasteiger partial charge in [-0.2, -0.15) is 0 Å². The third-order valence-electron chi connectivity index (χ3n) is 5.87. The van der Waals surface area contributed by atoms with Crippen molar-refractivity contribution in [3.05, 3.63) is 68.7 Å².